The summed E-state index contributed by atoms with van der Waals surface area (Å²) >= 11 is 0. The zero-order valence-corrected chi connectivity index (χ0v) is 12.1. The van der Waals surface area contributed by atoms with Crippen molar-refractivity contribution in [2.75, 3.05) is 18.9 Å². The largest absolute Gasteiger partial charge is 0.464 e. The molecule has 0 radical (unpaired) electrons. The normalized spacial score (nSPS) is 20.4. The Morgan fingerprint density at radius 2 is 2.33 bits per heavy atom. The number of nitrogens with one attached hydrogen (secondary N) is 1. The second-order valence-corrected chi connectivity index (χ2v) is 7.03. The van der Waals surface area contributed by atoms with Gasteiger partial charge in [-0.25, -0.2) is 4.79 Å². The number of hydrogen-bond acceptors (Lipinski definition) is 5. The lowest BCUT2D eigenvalue weighted by molar-refractivity contribution is -0.143. The Morgan fingerprint density at radius 1 is 1.56 bits per heavy atom. The highest BCUT2D eigenvalue weighted by Gasteiger charge is 2.21. The van der Waals surface area contributed by atoms with Crippen molar-refractivity contribution in [3.63, 3.8) is 0 Å². The summed E-state index contributed by atoms with van der Waals surface area (Å²) in [6, 6.07) is -0.710. The highest BCUT2D eigenvalue weighted by Crippen LogP contribution is 2.40. The van der Waals surface area contributed by atoms with Gasteiger partial charge in [-0.15, -0.1) is 0 Å². The van der Waals surface area contributed by atoms with Crippen molar-refractivity contribution in [1.82, 2.24) is 5.32 Å². The molecule has 0 spiro atoms. The number of carbonyl (C=O) groups excluding carboxylic acids is 2. The van der Waals surface area contributed by atoms with Crippen LogP contribution in [0.3, 0.4) is 0 Å². The molecule has 3 N–H and O–H groups in total. The van der Waals surface area contributed by atoms with Crippen LogP contribution in [0.2, 0.25) is 0 Å². The van der Waals surface area contributed by atoms with Crippen molar-refractivity contribution in [3.05, 3.63) is 0 Å². The minimum atomic E-state index is -0.710. The van der Waals surface area contributed by atoms with Crippen molar-refractivity contribution in [2.24, 2.45) is 11.7 Å². The van der Waals surface area contributed by atoms with Gasteiger partial charge in [-0.2, -0.15) is 0 Å². The smallest absolute Gasteiger partial charge is 0.325 e. The van der Waals surface area contributed by atoms with Crippen LogP contribution in [-0.2, 0) is 9.53 Å². The lowest BCUT2D eigenvalue weighted by Gasteiger charge is -2.18. The number of carbonyl (C=O) groups is 2. The molecule has 1 fully saturated rings. The number of nitrogens with two attached hydrogens (primary N) is 1. The Kier molecular flexibility index (Phi) is 7.34. The van der Waals surface area contributed by atoms with Gasteiger partial charge >= 0.3 is 12.0 Å². The van der Waals surface area contributed by atoms with Crippen molar-refractivity contribution in [1.29, 1.82) is 0 Å². The van der Waals surface area contributed by atoms with E-state index in [0.29, 0.717) is 17.8 Å². The molecule has 0 aliphatic carbocycles. The molecule has 5 nitrogen and oxygen atoms in total. The molecule has 0 aromatic rings. The molecule has 18 heavy (non-hydrogen) atoms. The molecular weight excluding hydrogens is 272 g/mol. The van der Waals surface area contributed by atoms with E-state index in [0.717, 1.165) is 12.8 Å². The summed E-state index contributed by atoms with van der Waals surface area (Å²) < 4.78 is 5.13. The summed E-state index contributed by atoms with van der Waals surface area (Å²) in [6.07, 6.45) is 3.33. The van der Waals surface area contributed by atoms with E-state index in [9.17, 15) is 9.59 Å². The Morgan fingerprint density at radius 3 is 2.89 bits per heavy atom. The second kappa shape index (κ2) is 8.53. The average molecular weight is 292 g/mol. The summed E-state index contributed by atoms with van der Waals surface area (Å²) in [5, 5.41) is 2.90. The molecule has 1 heterocycles. The molecule has 1 rings (SSSR count). The van der Waals surface area contributed by atoms with Gasteiger partial charge < -0.3 is 15.8 Å². The topological polar surface area (TPSA) is 81.4 Å². The van der Waals surface area contributed by atoms with Crippen LogP contribution in [0.25, 0.3) is 0 Å². The monoisotopic (exact) mass is 292 g/mol. The third-order valence-corrected chi connectivity index (χ3v) is 5.75. The summed E-state index contributed by atoms with van der Waals surface area (Å²) in [5.74, 6) is 1.19. The van der Waals surface area contributed by atoms with Crippen LogP contribution in [0.1, 0.15) is 26.2 Å². The number of primary amides is 1. The predicted octanol–water partition coefficient (Wildman–Crippen LogP) is 1.77. The average Bonchev–Trinajstić information content (AvgIpc) is 2.84. The van der Waals surface area contributed by atoms with E-state index in [4.69, 9.17) is 10.5 Å². The molecule has 2 amide bonds. The van der Waals surface area contributed by atoms with Crippen LogP contribution < -0.4 is 11.1 Å². The quantitative estimate of drug-likeness (QED) is 0.552. The first kappa shape index (κ1) is 15.5. The second-order valence-electron chi connectivity index (χ2n) is 4.24. The maximum Gasteiger partial charge on any atom is 0.325 e. The number of rotatable bonds is 7. The molecule has 1 aliphatic rings. The standard InChI is InChI=1S/C11H20N2O3S2/c1-2-8(5-9-3-4-17-18-9)7-16-10(14)6-13-11(12)15/h8-9H,2-7H2,1H3,(H3,12,13,15). The van der Waals surface area contributed by atoms with E-state index in [1.165, 1.54) is 12.2 Å². The fraction of sp³-hybridized carbons (Fsp3) is 0.818. The summed E-state index contributed by atoms with van der Waals surface area (Å²) in [7, 11) is 3.86. The Labute approximate surface area is 115 Å². The number of urea groups is 1. The van der Waals surface area contributed by atoms with E-state index in [-0.39, 0.29) is 6.54 Å². The number of hydrogen-bond donors (Lipinski definition) is 2. The first-order valence-corrected chi connectivity index (χ1v) is 8.47. The van der Waals surface area contributed by atoms with Gasteiger partial charge in [0.25, 0.3) is 0 Å². The zero-order valence-electron chi connectivity index (χ0n) is 10.5. The van der Waals surface area contributed by atoms with Gasteiger partial charge in [-0.05, 0) is 18.8 Å². The fourth-order valence-electron chi connectivity index (χ4n) is 1.67. The highest BCUT2D eigenvalue weighted by atomic mass is 33.1. The van der Waals surface area contributed by atoms with Crippen LogP contribution in [0, 0.1) is 5.92 Å². The van der Waals surface area contributed by atoms with Crippen molar-refractivity contribution in [3.8, 4) is 0 Å². The first-order chi connectivity index (χ1) is 8.61. The van der Waals surface area contributed by atoms with E-state index in [1.807, 2.05) is 21.6 Å². The molecule has 104 valence electrons. The minimum Gasteiger partial charge on any atom is -0.464 e. The summed E-state index contributed by atoms with van der Waals surface area (Å²) in [4.78, 5) is 21.7. The van der Waals surface area contributed by atoms with Crippen molar-refractivity contribution < 1.29 is 14.3 Å². The molecule has 2 unspecified atom stereocenters. The number of amides is 2. The molecular formula is C11H20N2O3S2. The number of ether oxygens (including phenoxy) is 1. The van der Waals surface area contributed by atoms with E-state index >= 15 is 0 Å². The zero-order chi connectivity index (χ0) is 13.4. The Hall–Kier alpha value is -0.560. The maximum atomic E-state index is 11.3. The van der Waals surface area contributed by atoms with E-state index < -0.39 is 12.0 Å². The minimum absolute atomic E-state index is 0.153. The molecule has 0 aromatic carbocycles. The van der Waals surface area contributed by atoms with Gasteiger partial charge in [0.15, 0.2) is 0 Å². The van der Waals surface area contributed by atoms with Gasteiger partial charge in [0.05, 0.1) is 6.61 Å². The van der Waals surface area contributed by atoms with Gasteiger partial charge in [0.1, 0.15) is 6.54 Å². The predicted molar refractivity (Wildman–Crippen MR) is 75.4 cm³/mol. The Balaban J connectivity index is 2.17. The van der Waals surface area contributed by atoms with Crippen LogP contribution in [-0.4, -0.2) is 36.2 Å². The number of esters is 1. The molecule has 0 bridgehead atoms. The van der Waals surface area contributed by atoms with E-state index in [2.05, 4.69) is 12.2 Å². The van der Waals surface area contributed by atoms with Crippen LogP contribution in [0.15, 0.2) is 0 Å². The summed E-state index contributed by atoms with van der Waals surface area (Å²) in [6.45, 7) is 2.38. The lowest BCUT2D eigenvalue weighted by Crippen LogP contribution is -2.35. The first-order valence-electron chi connectivity index (χ1n) is 6.09. The van der Waals surface area contributed by atoms with Gasteiger partial charge in [0, 0.05) is 11.0 Å². The summed E-state index contributed by atoms with van der Waals surface area (Å²) in [5.41, 5.74) is 4.87. The van der Waals surface area contributed by atoms with E-state index in [1.54, 1.807) is 0 Å². The fourth-order valence-corrected chi connectivity index (χ4v) is 4.74. The third kappa shape index (κ3) is 6.39. The molecule has 1 saturated heterocycles. The van der Waals surface area contributed by atoms with Crippen LogP contribution in [0.5, 0.6) is 0 Å². The van der Waals surface area contributed by atoms with Crippen LogP contribution >= 0.6 is 21.6 Å². The maximum absolute atomic E-state index is 11.3. The molecule has 0 aromatic heterocycles. The van der Waals surface area contributed by atoms with Gasteiger partial charge in [0.2, 0.25) is 0 Å². The molecule has 2 atom stereocenters. The molecule has 7 heteroatoms. The SMILES string of the molecule is CCC(COC(=O)CNC(N)=O)CC1CCSS1. The molecule has 1 aliphatic heterocycles. The third-order valence-electron chi connectivity index (χ3n) is 2.79. The van der Waals surface area contributed by atoms with Gasteiger partial charge in [-0.3, -0.25) is 4.79 Å². The van der Waals surface area contributed by atoms with Crippen molar-refractivity contribution in [2.45, 2.75) is 31.4 Å². The lowest BCUT2D eigenvalue weighted by atomic mass is 10.00. The Bertz CT molecular complexity index is 283. The highest BCUT2D eigenvalue weighted by molar-refractivity contribution is 8.77. The molecule has 0 saturated carbocycles. The van der Waals surface area contributed by atoms with Crippen molar-refractivity contribution >= 4 is 33.6 Å². The van der Waals surface area contributed by atoms with Gasteiger partial charge in [-0.1, -0.05) is 34.9 Å². The van der Waals surface area contributed by atoms with Crippen LogP contribution in [0.4, 0.5) is 4.79 Å².